The van der Waals surface area contributed by atoms with E-state index >= 15 is 0 Å². The Morgan fingerprint density at radius 3 is 2.56 bits per heavy atom. The molecule has 25 heavy (non-hydrogen) atoms. The fourth-order valence-electron chi connectivity index (χ4n) is 2.35. The van der Waals surface area contributed by atoms with Crippen molar-refractivity contribution in [2.24, 2.45) is 0 Å². The molecule has 0 saturated carbocycles. The first-order valence-corrected chi connectivity index (χ1v) is 9.86. The van der Waals surface area contributed by atoms with Gasteiger partial charge < -0.3 is 14.2 Å². The summed E-state index contributed by atoms with van der Waals surface area (Å²) in [5, 5.41) is 1.45. The van der Waals surface area contributed by atoms with Crippen molar-refractivity contribution in [3.05, 3.63) is 40.6 Å². The molecule has 134 valence electrons. The maximum Gasteiger partial charge on any atom is 0.353 e. The molecule has 0 amide bonds. The number of ether oxygens (including phenoxy) is 3. The first-order chi connectivity index (χ1) is 12.0. The number of esters is 1. The van der Waals surface area contributed by atoms with E-state index in [0.29, 0.717) is 32.1 Å². The van der Waals surface area contributed by atoms with Crippen molar-refractivity contribution < 1.29 is 27.4 Å². The number of thiophene rings is 1. The lowest BCUT2D eigenvalue weighted by Gasteiger charge is -2.25. The third kappa shape index (κ3) is 3.84. The average molecular weight is 383 g/mol. The molecule has 1 saturated heterocycles. The standard InChI is InChI=1S/C16H17NO6S2/c1-21-13-4-2-3-5-14(13)23-16(18)15-10-12(11-24-15)25(19,20)17-6-8-22-9-7-17/h2-5,10-11H,6-9H2,1H3. The molecule has 0 N–H and O–H groups in total. The Bertz CT molecular complexity index is 855. The van der Waals surface area contributed by atoms with Crippen LogP contribution in [-0.2, 0) is 14.8 Å². The van der Waals surface area contributed by atoms with E-state index in [0.717, 1.165) is 11.3 Å². The molecular weight excluding hydrogens is 366 g/mol. The van der Waals surface area contributed by atoms with Gasteiger partial charge in [0.05, 0.1) is 25.2 Å². The third-order valence-corrected chi connectivity index (χ3v) is 6.59. The van der Waals surface area contributed by atoms with Gasteiger partial charge in [0.15, 0.2) is 11.5 Å². The SMILES string of the molecule is COc1ccccc1OC(=O)c1cc(S(=O)(=O)N2CCOCC2)cs1. The van der Waals surface area contributed by atoms with Gasteiger partial charge in [-0.3, -0.25) is 0 Å². The van der Waals surface area contributed by atoms with E-state index in [2.05, 4.69) is 0 Å². The number of rotatable bonds is 5. The molecule has 0 spiro atoms. The minimum atomic E-state index is -3.63. The highest BCUT2D eigenvalue weighted by Crippen LogP contribution is 2.29. The summed E-state index contributed by atoms with van der Waals surface area (Å²) < 4.78 is 42.1. The first kappa shape index (κ1) is 17.9. The quantitative estimate of drug-likeness (QED) is 0.580. The van der Waals surface area contributed by atoms with Crippen LogP contribution in [0.3, 0.4) is 0 Å². The summed E-state index contributed by atoms with van der Waals surface area (Å²) in [5.74, 6) is 0.0764. The van der Waals surface area contributed by atoms with Crippen LogP contribution in [0.2, 0.25) is 0 Å². The molecule has 1 aromatic carbocycles. The van der Waals surface area contributed by atoms with Crippen molar-refractivity contribution in [1.82, 2.24) is 4.31 Å². The highest BCUT2D eigenvalue weighted by molar-refractivity contribution is 7.89. The van der Waals surface area contributed by atoms with Crippen molar-refractivity contribution in [3.63, 3.8) is 0 Å². The zero-order chi connectivity index (χ0) is 17.9. The normalized spacial score (nSPS) is 15.7. The molecule has 1 fully saturated rings. The summed E-state index contributed by atoms with van der Waals surface area (Å²) >= 11 is 1.03. The van der Waals surface area contributed by atoms with Crippen LogP contribution in [0.4, 0.5) is 0 Å². The molecule has 2 heterocycles. The van der Waals surface area contributed by atoms with Gasteiger partial charge in [-0.25, -0.2) is 13.2 Å². The fraction of sp³-hybridized carbons (Fsp3) is 0.312. The Balaban J connectivity index is 1.77. The predicted molar refractivity (Wildman–Crippen MR) is 91.8 cm³/mol. The predicted octanol–water partition coefficient (Wildman–Crippen LogP) is 2.00. The number of carbonyl (C=O) groups is 1. The maximum absolute atomic E-state index is 12.6. The van der Waals surface area contributed by atoms with Crippen LogP contribution in [0.5, 0.6) is 11.5 Å². The number of hydrogen-bond donors (Lipinski definition) is 0. The molecule has 0 atom stereocenters. The van der Waals surface area contributed by atoms with Crippen molar-refractivity contribution in [2.75, 3.05) is 33.4 Å². The zero-order valence-electron chi connectivity index (χ0n) is 13.5. The number of sulfonamides is 1. The van der Waals surface area contributed by atoms with Gasteiger partial charge >= 0.3 is 5.97 Å². The molecule has 0 bridgehead atoms. The summed E-state index contributed by atoms with van der Waals surface area (Å²) in [4.78, 5) is 12.6. The van der Waals surface area contributed by atoms with Crippen LogP contribution in [0.25, 0.3) is 0 Å². The van der Waals surface area contributed by atoms with Crippen LogP contribution in [0, 0.1) is 0 Å². The summed E-state index contributed by atoms with van der Waals surface area (Å²) in [5.41, 5.74) is 0. The molecule has 2 aromatic rings. The van der Waals surface area contributed by atoms with E-state index in [1.807, 2.05) is 0 Å². The molecule has 1 aromatic heterocycles. The van der Waals surface area contributed by atoms with E-state index < -0.39 is 16.0 Å². The second-order valence-electron chi connectivity index (χ2n) is 5.20. The van der Waals surface area contributed by atoms with Gasteiger partial charge in [-0.05, 0) is 18.2 Å². The Morgan fingerprint density at radius 1 is 1.20 bits per heavy atom. The molecule has 9 heteroatoms. The molecule has 1 aliphatic heterocycles. The second-order valence-corrected chi connectivity index (χ2v) is 8.05. The summed E-state index contributed by atoms with van der Waals surface area (Å²) in [6.45, 7) is 1.34. The minimum Gasteiger partial charge on any atom is -0.493 e. The Kier molecular flexibility index (Phi) is 5.38. The molecule has 0 radical (unpaired) electrons. The van der Waals surface area contributed by atoms with Crippen molar-refractivity contribution >= 4 is 27.3 Å². The smallest absolute Gasteiger partial charge is 0.353 e. The van der Waals surface area contributed by atoms with E-state index in [1.54, 1.807) is 24.3 Å². The van der Waals surface area contributed by atoms with Crippen molar-refractivity contribution in [2.45, 2.75) is 4.90 Å². The molecule has 0 aliphatic carbocycles. The van der Waals surface area contributed by atoms with Crippen LogP contribution in [0.1, 0.15) is 9.67 Å². The maximum atomic E-state index is 12.6. The lowest BCUT2D eigenvalue weighted by Crippen LogP contribution is -2.40. The van der Waals surface area contributed by atoms with E-state index in [4.69, 9.17) is 14.2 Å². The highest BCUT2D eigenvalue weighted by atomic mass is 32.2. The van der Waals surface area contributed by atoms with Crippen LogP contribution in [-0.4, -0.2) is 52.1 Å². The number of hydrogen-bond acceptors (Lipinski definition) is 7. The summed E-state index contributed by atoms with van der Waals surface area (Å²) in [7, 11) is -2.15. The van der Waals surface area contributed by atoms with Gasteiger partial charge in [-0.2, -0.15) is 4.31 Å². The lowest BCUT2D eigenvalue weighted by atomic mass is 10.3. The van der Waals surface area contributed by atoms with Crippen LogP contribution < -0.4 is 9.47 Å². The number of para-hydroxylation sites is 2. The second kappa shape index (κ2) is 7.52. The van der Waals surface area contributed by atoms with Gasteiger partial charge in [-0.1, -0.05) is 12.1 Å². The largest absolute Gasteiger partial charge is 0.493 e. The van der Waals surface area contributed by atoms with E-state index in [1.165, 1.54) is 22.9 Å². The Morgan fingerprint density at radius 2 is 1.88 bits per heavy atom. The van der Waals surface area contributed by atoms with Crippen molar-refractivity contribution in [1.29, 1.82) is 0 Å². The van der Waals surface area contributed by atoms with E-state index in [-0.39, 0.29) is 15.5 Å². The number of benzene rings is 1. The van der Waals surface area contributed by atoms with Gasteiger partial charge in [0.25, 0.3) is 0 Å². The summed E-state index contributed by atoms with van der Waals surface area (Å²) in [6.07, 6.45) is 0. The zero-order valence-corrected chi connectivity index (χ0v) is 15.1. The Labute approximate surface area is 149 Å². The van der Waals surface area contributed by atoms with Gasteiger partial charge in [0.2, 0.25) is 10.0 Å². The third-order valence-electron chi connectivity index (χ3n) is 3.66. The molecular formula is C16H17NO6S2. The summed E-state index contributed by atoms with van der Waals surface area (Å²) in [6, 6.07) is 8.09. The molecule has 3 rings (SSSR count). The molecule has 7 nitrogen and oxygen atoms in total. The number of carbonyl (C=O) groups excluding carboxylic acids is 1. The number of methoxy groups -OCH3 is 1. The minimum absolute atomic E-state index is 0.0892. The van der Waals surface area contributed by atoms with Crippen LogP contribution >= 0.6 is 11.3 Å². The molecule has 0 unspecified atom stereocenters. The fourth-order valence-corrected chi connectivity index (χ4v) is 4.89. The average Bonchev–Trinajstić information content (AvgIpc) is 3.14. The van der Waals surface area contributed by atoms with E-state index in [9.17, 15) is 13.2 Å². The monoisotopic (exact) mass is 383 g/mol. The topological polar surface area (TPSA) is 82.1 Å². The Hall–Kier alpha value is -1.94. The van der Waals surface area contributed by atoms with Gasteiger partial charge in [0, 0.05) is 18.5 Å². The van der Waals surface area contributed by atoms with Crippen molar-refractivity contribution in [3.8, 4) is 11.5 Å². The van der Waals surface area contributed by atoms with Crippen LogP contribution in [0.15, 0.2) is 40.6 Å². The van der Waals surface area contributed by atoms with Gasteiger partial charge in [0.1, 0.15) is 4.88 Å². The first-order valence-electron chi connectivity index (χ1n) is 7.54. The molecule has 1 aliphatic rings. The van der Waals surface area contributed by atoms with Gasteiger partial charge in [-0.15, -0.1) is 11.3 Å². The number of nitrogens with zero attached hydrogens (tertiary/aromatic N) is 1. The highest BCUT2D eigenvalue weighted by Gasteiger charge is 2.28. The lowest BCUT2D eigenvalue weighted by molar-refractivity contribution is 0.0728. The number of morpholine rings is 1.